The molecule has 8 heteroatoms. The van der Waals surface area contributed by atoms with E-state index in [0.29, 0.717) is 0 Å². The largest absolute Gasteiger partial charge is 0.452 e. The number of amides is 1. The van der Waals surface area contributed by atoms with Crippen LogP contribution in [0.2, 0.25) is 0 Å². The highest BCUT2D eigenvalue weighted by molar-refractivity contribution is 7.99. The predicted molar refractivity (Wildman–Crippen MR) is 69.7 cm³/mol. The fraction of sp³-hybridized carbons (Fsp3) is 0.417. The molecule has 1 amide bonds. The molecule has 0 fully saturated rings. The van der Waals surface area contributed by atoms with Crippen LogP contribution in [-0.4, -0.2) is 35.3 Å². The maximum absolute atomic E-state index is 12.3. The van der Waals surface area contributed by atoms with Gasteiger partial charge >= 0.3 is 5.97 Å². The van der Waals surface area contributed by atoms with Crippen LogP contribution in [0.4, 0.5) is 8.78 Å². The van der Waals surface area contributed by atoms with Crippen molar-refractivity contribution in [3.8, 4) is 0 Å². The van der Waals surface area contributed by atoms with Gasteiger partial charge < -0.3 is 10.1 Å². The number of alkyl halides is 2. The lowest BCUT2D eigenvalue weighted by atomic mass is 10.3. The van der Waals surface area contributed by atoms with E-state index in [1.807, 2.05) is 0 Å². The minimum Gasteiger partial charge on any atom is -0.452 e. The fourth-order valence-corrected chi connectivity index (χ4v) is 1.87. The number of halogens is 2. The van der Waals surface area contributed by atoms with Crippen LogP contribution in [0.25, 0.3) is 0 Å². The number of nitrogens with zero attached hydrogens (tertiary/aromatic N) is 1. The number of esters is 1. The Balaban J connectivity index is 2.66. The number of carbonyl (C=O) groups excluding carboxylic acids is 2. The molecule has 0 radical (unpaired) electrons. The molecular formula is C12H14F2N2O3S. The highest BCUT2D eigenvalue weighted by Crippen LogP contribution is 2.26. The Morgan fingerprint density at radius 1 is 1.45 bits per heavy atom. The van der Waals surface area contributed by atoms with E-state index in [9.17, 15) is 18.4 Å². The average molecular weight is 304 g/mol. The third-order valence-electron chi connectivity index (χ3n) is 1.98. The maximum atomic E-state index is 12.3. The molecule has 0 aliphatic rings. The van der Waals surface area contributed by atoms with Crippen LogP contribution in [0.5, 0.6) is 0 Å². The van der Waals surface area contributed by atoms with Crippen LogP contribution < -0.4 is 5.32 Å². The molecule has 110 valence electrons. The number of pyridine rings is 1. The second-order valence-electron chi connectivity index (χ2n) is 4.03. The van der Waals surface area contributed by atoms with E-state index >= 15 is 0 Å². The van der Waals surface area contributed by atoms with Gasteiger partial charge in [0.25, 0.3) is 11.7 Å². The molecule has 1 heterocycles. The highest BCUT2D eigenvalue weighted by Gasteiger charge is 2.18. The van der Waals surface area contributed by atoms with Crippen molar-refractivity contribution in [3.63, 3.8) is 0 Å². The lowest BCUT2D eigenvalue weighted by molar-refractivity contribution is -0.124. The third kappa shape index (κ3) is 5.52. The van der Waals surface area contributed by atoms with Gasteiger partial charge in [0.15, 0.2) is 6.61 Å². The van der Waals surface area contributed by atoms with Crippen LogP contribution in [0, 0.1) is 0 Å². The van der Waals surface area contributed by atoms with Crippen molar-refractivity contribution in [2.45, 2.75) is 30.7 Å². The third-order valence-corrected chi connectivity index (χ3v) is 2.70. The summed E-state index contributed by atoms with van der Waals surface area (Å²) in [5.41, 5.74) is -0.0878. The number of hydrogen-bond donors (Lipinski definition) is 1. The summed E-state index contributed by atoms with van der Waals surface area (Å²) < 4.78 is 29.4. The maximum Gasteiger partial charge on any atom is 0.341 e. The normalized spacial score (nSPS) is 10.7. The smallest absolute Gasteiger partial charge is 0.341 e. The number of hydrogen-bond acceptors (Lipinski definition) is 5. The summed E-state index contributed by atoms with van der Waals surface area (Å²) in [6.45, 7) is 3.06. The van der Waals surface area contributed by atoms with Gasteiger partial charge in [0.05, 0.1) is 5.56 Å². The van der Waals surface area contributed by atoms with Gasteiger partial charge in [0, 0.05) is 12.2 Å². The number of rotatable bonds is 6. The first kappa shape index (κ1) is 16.4. The van der Waals surface area contributed by atoms with Crippen molar-refractivity contribution in [3.05, 3.63) is 23.9 Å². The zero-order valence-corrected chi connectivity index (χ0v) is 11.7. The molecule has 1 aromatic rings. The summed E-state index contributed by atoms with van der Waals surface area (Å²) in [5, 5.41) is 2.41. The number of nitrogens with one attached hydrogen (secondary N) is 1. The Hall–Kier alpha value is -1.70. The van der Waals surface area contributed by atoms with Crippen molar-refractivity contribution >= 4 is 23.6 Å². The monoisotopic (exact) mass is 304 g/mol. The quantitative estimate of drug-likeness (QED) is 0.644. The molecule has 1 aromatic heterocycles. The van der Waals surface area contributed by atoms with Crippen LogP contribution >= 0.6 is 11.8 Å². The standard InChI is InChI=1S/C12H14F2N2O3S/c1-7(2)16-9(17)6-19-11(18)8-4-3-5-15-10(8)20-12(13)14/h3-5,7,12H,6H2,1-2H3,(H,16,17). The summed E-state index contributed by atoms with van der Waals surface area (Å²) in [7, 11) is 0. The van der Waals surface area contributed by atoms with Gasteiger partial charge in [-0.2, -0.15) is 8.78 Å². The van der Waals surface area contributed by atoms with Gasteiger partial charge in [-0.15, -0.1) is 0 Å². The molecule has 0 spiro atoms. The van der Waals surface area contributed by atoms with E-state index in [0.717, 1.165) is 0 Å². The van der Waals surface area contributed by atoms with E-state index in [1.54, 1.807) is 13.8 Å². The van der Waals surface area contributed by atoms with Gasteiger partial charge in [-0.3, -0.25) is 4.79 Å². The van der Waals surface area contributed by atoms with Gasteiger partial charge in [0.1, 0.15) is 5.03 Å². The van der Waals surface area contributed by atoms with E-state index in [4.69, 9.17) is 4.74 Å². The Kier molecular flexibility index (Phi) is 6.37. The van der Waals surface area contributed by atoms with E-state index in [-0.39, 0.29) is 28.4 Å². The molecule has 20 heavy (non-hydrogen) atoms. The molecule has 1 N–H and O–H groups in total. The summed E-state index contributed by atoms with van der Waals surface area (Å²) in [6, 6.07) is 2.67. The lowest BCUT2D eigenvalue weighted by Crippen LogP contribution is -2.34. The molecule has 0 saturated carbocycles. The zero-order chi connectivity index (χ0) is 15.1. The molecule has 1 rings (SSSR count). The van der Waals surface area contributed by atoms with E-state index in [2.05, 4.69) is 10.3 Å². The minimum atomic E-state index is -2.69. The number of thioether (sulfide) groups is 1. The van der Waals surface area contributed by atoms with Crippen LogP contribution in [-0.2, 0) is 9.53 Å². The SMILES string of the molecule is CC(C)NC(=O)COC(=O)c1cccnc1SC(F)F. The first-order valence-electron chi connectivity index (χ1n) is 5.76. The minimum absolute atomic E-state index is 0.0791. The van der Waals surface area contributed by atoms with E-state index < -0.39 is 24.2 Å². The Morgan fingerprint density at radius 3 is 2.75 bits per heavy atom. The molecule has 0 aliphatic carbocycles. The molecule has 0 bridgehead atoms. The molecule has 0 saturated heterocycles. The predicted octanol–water partition coefficient (Wildman–Crippen LogP) is 2.08. The second-order valence-corrected chi connectivity index (χ2v) is 5.01. The van der Waals surface area contributed by atoms with Crippen molar-refractivity contribution in [2.75, 3.05) is 6.61 Å². The van der Waals surface area contributed by atoms with Gasteiger partial charge in [0.2, 0.25) is 0 Å². The summed E-state index contributed by atoms with van der Waals surface area (Å²) >= 11 is 0.152. The first-order valence-corrected chi connectivity index (χ1v) is 6.64. The highest BCUT2D eigenvalue weighted by atomic mass is 32.2. The molecular weight excluding hydrogens is 290 g/mol. The molecule has 5 nitrogen and oxygen atoms in total. The average Bonchev–Trinajstić information content (AvgIpc) is 2.35. The lowest BCUT2D eigenvalue weighted by Gasteiger charge is -2.10. The van der Waals surface area contributed by atoms with Crippen molar-refractivity contribution in [2.24, 2.45) is 0 Å². The van der Waals surface area contributed by atoms with Crippen LogP contribution in [0.3, 0.4) is 0 Å². The zero-order valence-electron chi connectivity index (χ0n) is 10.9. The van der Waals surface area contributed by atoms with Gasteiger partial charge in [-0.1, -0.05) is 0 Å². The van der Waals surface area contributed by atoms with Gasteiger partial charge in [-0.05, 0) is 37.7 Å². The molecule has 0 atom stereocenters. The summed E-state index contributed by atoms with van der Waals surface area (Å²) in [6.07, 6.45) is 1.30. The van der Waals surface area contributed by atoms with Crippen molar-refractivity contribution in [1.29, 1.82) is 0 Å². The number of carbonyl (C=O) groups is 2. The summed E-state index contributed by atoms with van der Waals surface area (Å²) in [5.74, 6) is -4.01. The fourth-order valence-electron chi connectivity index (χ4n) is 1.30. The van der Waals surface area contributed by atoms with E-state index in [1.165, 1.54) is 18.3 Å². The molecule has 0 unspecified atom stereocenters. The second kappa shape index (κ2) is 7.78. The van der Waals surface area contributed by atoms with Crippen LogP contribution in [0.1, 0.15) is 24.2 Å². The first-order chi connectivity index (χ1) is 9.40. The number of aromatic nitrogens is 1. The Bertz CT molecular complexity index is 484. The topological polar surface area (TPSA) is 68.3 Å². The van der Waals surface area contributed by atoms with Crippen molar-refractivity contribution < 1.29 is 23.1 Å². The van der Waals surface area contributed by atoms with Crippen molar-refractivity contribution in [1.82, 2.24) is 10.3 Å². The molecule has 0 aliphatic heterocycles. The van der Waals surface area contributed by atoms with Crippen LogP contribution in [0.15, 0.2) is 23.4 Å². The van der Waals surface area contributed by atoms with Gasteiger partial charge in [-0.25, -0.2) is 9.78 Å². The Morgan fingerprint density at radius 2 is 2.15 bits per heavy atom. The number of ether oxygens (including phenoxy) is 1. The molecule has 0 aromatic carbocycles. The summed E-state index contributed by atoms with van der Waals surface area (Å²) in [4.78, 5) is 26.8. The Labute approximate surface area is 119 Å².